The quantitative estimate of drug-likeness (QED) is 0.483. The van der Waals surface area contributed by atoms with E-state index in [1.165, 1.54) is 19.3 Å². The molecule has 0 heterocycles. The first-order chi connectivity index (χ1) is 6.56. The number of rotatable bonds is 8. The molecule has 0 rings (SSSR count). The van der Waals surface area contributed by atoms with Crippen molar-refractivity contribution >= 4 is 18.6 Å². The van der Waals surface area contributed by atoms with Crippen LogP contribution in [-0.4, -0.2) is 15.8 Å². The molecule has 0 spiro atoms. The van der Waals surface area contributed by atoms with Gasteiger partial charge in [-0.1, -0.05) is 46.0 Å². The Bertz CT molecular complexity index is 171. The number of carboxylic acid groups (broad SMARTS) is 1. The minimum Gasteiger partial charge on any atom is -0.480 e. The lowest BCUT2D eigenvalue weighted by Crippen LogP contribution is -2.31. The largest absolute Gasteiger partial charge is 0.480 e. The molecule has 0 saturated heterocycles. The topological polar surface area (TPSA) is 37.3 Å². The molecule has 84 valence electrons. The summed E-state index contributed by atoms with van der Waals surface area (Å²) in [5.74, 6) is -0.779. The first kappa shape index (κ1) is 13.8. The maximum Gasteiger partial charge on any atom is 0.319 e. The molecule has 0 aromatic heterocycles. The molecule has 0 aromatic carbocycles. The molecule has 0 fully saturated rings. The molecule has 0 saturated carbocycles. The first-order valence-electron chi connectivity index (χ1n) is 5.52. The number of carboxylic acids is 1. The number of aliphatic carboxylic acids is 1. The van der Waals surface area contributed by atoms with Crippen LogP contribution in [0.3, 0.4) is 0 Å². The van der Waals surface area contributed by atoms with Gasteiger partial charge in [0.15, 0.2) is 0 Å². The summed E-state index contributed by atoms with van der Waals surface area (Å²) < 4.78 is -0.799. The first-order valence-corrected chi connectivity index (χ1v) is 5.97. The van der Waals surface area contributed by atoms with E-state index in [4.69, 9.17) is 5.11 Å². The fourth-order valence-corrected chi connectivity index (χ4v) is 1.61. The van der Waals surface area contributed by atoms with Crippen molar-refractivity contribution in [1.82, 2.24) is 0 Å². The normalized spacial score (nSPS) is 15.1. The summed E-state index contributed by atoms with van der Waals surface area (Å²) in [7, 11) is 0. The van der Waals surface area contributed by atoms with E-state index in [1.54, 1.807) is 0 Å². The molecule has 0 radical (unpaired) electrons. The van der Waals surface area contributed by atoms with Crippen molar-refractivity contribution in [2.45, 2.75) is 63.5 Å². The minimum absolute atomic E-state index is 0.596. The Kier molecular flexibility index (Phi) is 7.06. The van der Waals surface area contributed by atoms with E-state index in [0.717, 1.165) is 12.8 Å². The Morgan fingerprint density at radius 3 is 2.21 bits per heavy atom. The standard InChI is InChI=1S/C11H22O2S/c1-3-5-6-7-8-9-11(14,4-2)10(12)13/h14H,3-9H2,1-2H3,(H,12,13). The summed E-state index contributed by atoms with van der Waals surface area (Å²) in [5.41, 5.74) is 0. The molecule has 0 aliphatic carbocycles. The summed E-state index contributed by atoms with van der Waals surface area (Å²) in [5, 5.41) is 8.96. The molecule has 2 nitrogen and oxygen atoms in total. The Balaban J connectivity index is 3.68. The number of hydrogen-bond acceptors (Lipinski definition) is 2. The predicted octanol–water partition coefficient (Wildman–Crippen LogP) is 3.51. The third-order valence-corrected chi connectivity index (χ3v) is 3.41. The molecular formula is C11H22O2S. The molecule has 0 amide bonds. The van der Waals surface area contributed by atoms with Gasteiger partial charge in [-0.2, -0.15) is 12.6 Å². The summed E-state index contributed by atoms with van der Waals surface area (Å²) in [6, 6.07) is 0. The van der Waals surface area contributed by atoms with Gasteiger partial charge in [-0.3, -0.25) is 4.79 Å². The monoisotopic (exact) mass is 218 g/mol. The lowest BCUT2D eigenvalue weighted by Gasteiger charge is -2.21. The lowest BCUT2D eigenvalue weighted by molar-refractivity contribution is -0.140. The van der Waals surface area contributed by atoms with Crippen LogP contribution in [-0.2, 0) is 4.79 Å². The van der Waals surface area contributed by atoms with Crippen LogP contribution in [0.5, 0.6) is 0 Å². The van der Waals surface area contributed by atoms with Crippen molar-refractivity contribution in [2.75, 3.05) is 0 Å². The minimum atomic E-state index is -0.799. The summed E-state index contributed by atoms with van der Waals surface area (Å²) in [6.45, 7) is 4.05. The van der Waals surface area contributed by atoms with Gasteiger partial charge < -0.3 is 5.11 Å². The molecule has 3 heteroatoms. The second-order valence-electron chi connectivity index (χ2n) is 3.85. The van der Waals surface area contributed by atoms with Gasteiger partial charge in [0.25, 0.3) is 0 Å². The fourth-order valence-electron chi connectivity index (χ4n) is 1.46. The van der Waals surface area contributed by atoms with Crippen molar-refractivity contribution in [2.24, 2.45) is 0 Å². The van der Waals surface area contributed by atoms with Crippen LogP contribution in [0.1, 0.15) is 58.8 Å². The fraction of sp³-hybridized carbons (Fsp3) is 0.909. The highest BCUT2D eigenvalue weighted by molar-refractivity contribution is 7.82. The Labute approximate surface area is 92.5 Å². The van der Waals surface area contributed by atoms with E-state index < -0.39 is 10.7 Å². The van der Waals surface area contributed by atoms with E-state index in [0.29, 0.717) is 12.8 Å². The molecule has 0 aliphatic rings. The maximum atomic E-state index is 10.9. The van der Waals surface area contributed by atoms with Crippen LogP contribution < -0.4 is 0 Å². The smallest absolute Gasteiger partial charge is 0.319 e. The molecule has 1 atom stereocenters. The molecular weight excluding hydrogens is 196 g/mol. The van der Waals surface area contributed by atoms with Crippen molar-refractivity contribution in [1.29, 1.82) is 0 Å². The van der Waals surface area contributed by atoms with E-state index in [2.05, 4.69) is 19.6 Å². The number of thiol groups is 1. The molecule has 1 N–H and O–H groups in total. The third-order valence-electron chi connectivity index (χ3n) is 2.68. The van der Waals surface area contributed by atoms with Gasteiger partial charge in [0, 0.05) is 0 Å². The van der Waals surface area contributed by atoms with Crippen molar-refractivity contribution in [3.63, 3.8) is 0 Å². The van der Waals surface area contributed by atoms with Crippen molar-refractivity contribution in [3.8, 4) is 0 Å². The van der Waals surface area contributed by atoms with Gasteiger partial charge in [-0.05, 0) is 12.8 Å². The Morgan fingerprint density at radius 1 is 1.21 bits per heavy atom. The van der Waals surface area contributed by atoms with Crippen LogP contribution in [0.25, 0.3) is 0 Å². The number of carbonyl (C=O) groups is 1. The number of hydrogen-bond donors (Lipinski definition) is 2. The van der Waals surface area contributed by atoms with Crippen molar-refractivity contribution < 1.29 is 9.90 Å². The zero-order valence-electron chi connectivity index (χ0n) is 9.25. The van der Waals surface area contributed by atoms with E-state index in [1.807, 2.05) is 6.92 Å². The van der Waals surface area contributed by atoms with E-state index in [-0.39, 0.29) is 0 Å². The molecule has 1 unspecified atom stereocenters. The summed E-state index contributed by atoms with van der Waals surface area (Å²) in [6.07, 6.45) is 7.07. The summed E-state index contributed by atoms with van der Waals surface area (Å²) >= 11 is 4.24. The second-order valence-corrected chi connectivity index (χ2v) is 4.71. The van der Waals surface area contributed by atoms with Gasteiger partial charge in [0.1, 0.15) is 4.75 Å². The van der Waals surface area contributed by atoms with Crippen LogP contribution >= 0.6 is 12.6 Å². The predicted molar refractivity (Wildman–Crippen MR) is 63.0 cm³/mol. The number of unbranched alkanes of at least 4 members (excludes halogenated alkanes) is 4. The van der Waals surface area contributed by atoms with Crippen LogP contribution in [0.15, 0.2) is 0 Å². The van der Waals surface area contributed by atoms with Crippen molar-refractivity contribution in [3.05, 3.63) is 0 Å². The average molecular weight is 218 g/mol. The van der Waals surface area contributed by atoms with Crippen LogP contribution in [0.2, 0.25) is 0 Å². The van der Waals surface area contributed by atoms with Gasteiger partial charge in [0.05, 0.1) is 0 Å². The zero-order valence-corrected chi connectivity index (χ0v) is 10.1. The second kappa shape index (κ2) is 7.16. The molecule has 0 aromatic rings. The average Bonchev–Trinajstić information content (AvgIpc) is 2.17. The lowest BCUT2D eigenvalue weighted by atomic mass is 9.97. The highest BCUT2D eigenvalue weighted by atomic mass is 32.1. The molecule has 0 aliphatic heterocycles. The zero-order chi connectivity index (χ0) is 11.0. The maximum absolute atomic E-state index is 10.9. The highest BCUT2D eigenvalue weighted by Gasteiger charge is 2.31. The van der Waals surface area contributed by atoms with Crippen LogP contribution in [0.4, 0.5) is 0 Å². The Hall–Kier alpha value is -0.180. The van der Waals surface area contributed by atoms with Gasteiger partial charge in [-0.25, -0.2) is 0 Å². The SMILES string of the molecule is CCCCCCCC(S)(CC)C(=O)O. The summed E-state index contributed by atoms with van der Waals surface area (Å²) in [4.78, 5) is 10.9. The van der Waals surface area contributed by atoms with E-state index >= 15 is 0 Å². The highest BCUT2D eigenvalue weighted by Crippen LogP contribution is 2.26. The molecule has 0 bridgehead atoms. The van der Waals surface area contributed by atoms with E-state index in [9.17, 15) is 4.79 Å². The molecule has 14 heavy (non-hydrogen) atoms. The Morgan fingerprint density at radius 2 is 1.79 bits per heavy atom. The van der Waals surface area contributed by atoms with Crippen LogP contribution in [0, 0.1) is 0 Å². The third kappa shape index (κ3) is 4.89. The van der Waals surface area contributed by atoms with Gasteiger partial charge in [-0.15, -0.1) is 0 Å². The van der Waals surface area contributed by atoms with Gasteiger partial charge >= 0.3 is 5.97 Å². The van der Waals surface area contributed by atoms with Gasteiger partial charge in [0.2, 0.25) is 0 Å².